The molecule has 2 aromatic rings. The fourth-order valence-corrected chi connectivity index (χ4v) is 4.28. The lowest BCUT2D eigenvalue weighted by Gasteiger charge is -2.31. The Morgan fingerprint density at radius 1 is 1.06 bits per heavy atom. The SMILES string of the molecule is CCCNC(=O)[C@@H](C)N(Cc1cccc(OC)c1)C(=O)CN(c1ccc(OCC)cc1)S(C)(=O)=O. The van der Waals surface area contributed by atoms with Gasteiger partial charge < -0.3 is 19.7 Å². The number of carbonyl (C=O) groups is 2. The number of nitrogens with one attached hydrogen (secondary N) is 1. The van der Waals surface area contributed by atoms with Crippen LogP contribution in [0.2, 0.25) is 0 Å². The smallest absolute Gasteiger partial charge is 0.244 e. The second-order valence-electron chi connectivity index (χ2n) is 8.04. The van der Waals surface area contributed by atoms with Crippen LogP contribution >= 0.6 is 0 Å². The molecular formula is C25H35N3O6S. The molecule has 0 aliphatic rings. The van der Waals surface area contributed by atoms with Crippen LogP contribution in [-0.2, 0) is 26.2 Å². The van der Waals surface area contributed by atoms with Crippen LogP contribution in [0.3, 0.4) is 0 Å². The molecule has 0 saturated heterocycles. The van der Waals surface area contributed by atoms with Crippen LogP contribution in [0, 0.1) is 0 Å². The van der Waals surface area contributed by atoms with Crippen LogP contribution in [0.4, 0.5) is 5.69 Å². The first-order valence-corrected chi connectivity index (χ1v) is 13.4. The molecule has 0 aromatic heterocycles. The van der Waals surface area contributed by atoms with Gasteiger partial charge in [0.2, 0.25) is 21.8 Å². The summed E-state index contributed by atoms with van der Waals surface area (Å²) in [6.45, 7) is 6.02. The molecule has 0 aliphatic heterocycles. The zero-order chi connectivity index (χ0) is 26.0. The van der Waals surface area contributed by atoms with E-state index in [2.05, 4.69) is 5.32 Å². The number of methoxy groups -OCH3 is 1. The van der Waals surface area contributed by atoms with Crippen LogP contribution in [-0.4, -0.2) is 64.2 Å². The third-order valence-corrected chi connectivity index (χ3v) is 6.46. The molecule has 0 bridgehead atoms. The number of carbonyl (C=O) groups excluding carboxylic acids is 2. The number of benzene rings is 2. The van der Waals surface area contributed by atoms with Crippen LogP contribution in [0.1, 0.15) is 32.8 Å². The minimum absolute atomic E-state index is 0.109. The molecule has 10 heteroatoms. The predicted molar refractivity (Wildman–Crippen MR) is 136 cm³/mol. The average Bonchev–Trinajstić information content (AvgIpc) is 2.84. The highest BCUT2D eigenvalue weighted by molar-refractivity contribution is 7.92. The number of nitrogens with zero attached hydrogens (tertiary/aromatic N) is 2. The van der Waals surface area contributed by atoms with Crippen LogP contribution in [0.5, 0.6) is 11.5 Å². The van der Waals surface area contributed by atoms with Gasteiger partial charge in [-0.25, -0.2) is 8.42 Å². The summed E-state index contributed by atoms with van der Waals surface area (Å²) in [5, 5.41) is 2.81. The van der Waals surface area contributed by atoms with Crippen molar-refractivity contribution < 1.29 is 27.5 Å². The quantitative estimate of drug-likeness (QED) is 0.449. The van der Waals surface area contributed by atoms with Gasteiger partial charge in [0.05, 0.1) is 25.7 Å². The summed E-state index contributed by atoms with van der Waals surface area (Å²) >= 11 is 0. The fourth-order valence-electron chi connectivity index (χ4n) is 3.44. The lowest BCUT2D eigenvalue weighted by Crippen LogP contribution is -2.51. The highest BCUT2D eigenvalue weighted by Gasteiger charge is 2.30. The van der Waals surface area contributed by atoms with E-state index in [0.29, 0.717) is 30.3 Å². The number of anilines is 1. The topological polar surface area (TPSA) is 105 Å². The Morgan fingerprint density at radius 3 is 2.31 bits per heavy atom. The van der Waals surface area contributed by atoms with Crippen LogP contribution < -0.4 is 19.1 Å². The molecule has 0 fully saturated rings. The molecule has 0 radical (unpaired) electrons. The van der Waals surface area contributed by atoms with Gasteiger partial charge in [-0.3, -0.25) is 13.9 Å². The number of ether oxygens (including phenoxy) is 2. The van der Waals surface area contributed by atoms with Crippen molar-refractivity contribution in [1.29, 1.82) is 0 Å². The van der Waals surface area contributed by atoms with Gasteiger partial charge in [-0.15, -0.1) is 0 Å². The van der Waals surface area contributed by atoms with Crippen LogP contribution in [0.15, 0.2) is 48.5 Å². The van der Waals surface area contributed by atoms with Crippen molar-refractivity contribution in [2.24, 2.45) is 0 Å². The molecule has 0 spiro atoms. The third-order valence-electron chi connectivity index (χ3n) is 5.32. The van der Waals surface area contributed by atoms with E-state index in [-0.39, 0.29) is 12.5 Å². The normalized spacial score (nSPS) is 11.9. The van der Waals surface area contributed by atoms with Gasteiger partial charge in [-0.2, -0.15) is 0 Å². The van der Waals surface area contributed by atoms with Crippen molar-refractivity contribution in [2.75, 3.05) is 37.4 Å². The van der Waals surface area contributed by atoms with E-state index >= 15 is 0 Å². The van der Waals surface area contributed by atoms with Gasteiger partial charge >= 0.3 is 0 Å². The Bertz CT molecular complexity index is 1090. The maximum Gasteiger partial charge on any atom is 0.244 e. The number of rotatable bonds is 13. The first kappa shape index (κ1) is 28.0. The Labute approximate surface area is 208 Å². The summed E-state index contributed by atoms with van der Waals surface area (Å²) in [5.74, 6) is 0.392. The minimum atomic E-state index is -3.79. The van der Waals surface area contributed by atoms with Crippen molar-refractivity contribution >= 4 is 27.5 Å². The van der Waals surface area contributed by atoms with E-state index in [1.165, 1.54) is 4.90 Å². The first-order valence-electron chi connectivity index (χ1n) is 11.5. The Hall–Kier alpha value is -3.27. The van der Waals surface area contributed by atoms with E-state index in [9.17, 15) is 18.0 Å². The monoisotopic (exact) mass is 505 g/mol. The number of hydrogen-bond donors (Lipinski definition) is 1. The van der Waals surface area contributed by atoms with E-state index < -0.39 is 28.5 Å². The zero-order valence-electron chi connectivity index (χ0n) is 21.0. The van der Waals surface area contributed by atoms with Crippen molar-refractivity contribution in [3.63, 3.8) is 0 Å². The maximum atomic E-state index is 13.5. The molecular weight excluding hydrogens is 470 g/mol. The Balaban J connectivity index is 2.36. The fraction of sp³-hybridized carbons (Fsp3) is 0.440. The molecule has 0 heterocycles. The average molecular weight is 506 g/mol. The predicted octanol–water partition coefficient (Wildman–Crippen LogP) is 2.80. The number of hydrogen-bond acceptors (Lipinski definition) is 6. The molecule has 9 nitrogen and oxygen atoms in total. The van der Waals surface area contributed by atoms with E-state index in [1.54, 1.807) is 56.5 Å². The van der Waals surface area contributed by atoms with E-state index in [1.807, 2.05) is 19.9 Å². The van der Waals surface area contributed by atoms with Gasteiger partial charge in [-0.05, 0) is 62.2 Å². The molecule has 0 aliphatic carbocycles. The second-order valence-corrected chi connectivity index (χ2v) is 9.94. The molecule has 1 atom stereocenters. The highest BCUT2D eigenvalue weighted by atomic mass is 32.2. The van der Waals surface area contributed by atoms with Crippen molar-refractivity contribution in [3.05, 3.63) is 54.1 Å². The lowest BCUT2D eigenvalue weighted by molar-refractivity contribution is -0.139. The molecule has 2 amide bonds. The van der Waals surface area contributed by atoms with Crippen molar-refractivity contribution in [2.45, 2.75) is 39.8 Å². The van der Waals surface area contributed by atoms with Crippen molar-refractivity contribution in [1.82, 2.24) is 10.2 Å². The number of sulfonamides is 1. The van der Waals surface area contributed by atoms with Gasteiger partial charge in [0, 0.05) is 13.1 Å². The molecule has 192 valence electrons. The van der Waals surface area contributed by atoms with E-state index in [0.717, 1.165) is 22.5 Å². The molecule has 2 aromatic carbocycles. The molecule has 0 unspecified atom stereocenters. The summed E-state index contributed by atoms with van der Waals surface area (Å²) in [7, 11) is -2.25. The van der Waals surface area contributed by atoms with Gasteiger partial charge in [-0.1, -0.05) is 19.1 Å². The molecule has 1 N–H and O–H groups in total. The number of amides is 2. The summed E-state index contributed by atoms with van der Waals surface area (Å²) in [5.41, 5.74) is 1.08. The van der Waals surface area contributed by atoms with Gasteiger partial charge in [0.15, 0.2) is 0 Å². The summed E-state index contributed by atoms with van der Waals surface area (Å²) in [6.07, 6.45) is 1.79. The van der Waals surface area contributed by atoms with Crippen molar-refractivity contribution in [3.8, 4) is 11.5 Å². The standard InChI is InChI=1S/C25H35N3O6S/c1-6-15-26-25(30)19(3)27(17-20-9-8-10-23(16-20)33-4)24(29)18-28(35(5,31)32)21-11-13-22(14-12-21)34-7-2/h8-14,16,19H,6-7,15,17-18H2,1-5H3,(H,26,30)/t19-/m1/s1. The van der Waals surface area contributed by atoms with Crippen LogP contribution in [0.25, 0.3) is 0 Å². The Kier molecular flexibility index (Phi) is 10.4. The summed E-state index contributed by atoms with van der Waals surface area (Å²) in [6, 6.07) is 12.8. The summed E-state index contributed by atoms with van der Waals surface area (Å²) < 4.78 is 37.0. The lowest BCUT2D eigenvalue weighted by atomic mass is 10.1. The molecule has 0 saturated carbocycles. The minimum Gasteiger partial charge on any atom is -0.497 e. The largest absolute Gasteiger partial charge is 0.497 e. The Morgan fingerprint density at radius 2 is 1.74 bits per heavy atom. The molecule has 35 heavy (non-hydrogen) atoms. The van der Waals surface area contributed by atoms with Gasteiger partial charge in [0.25, 0.3) is 0 Å². The zero-order valence-corrected chi connectivity index (χ0v) is 21.8. The molecule has 2 rings (SSSR count). The second kappa shape index (κ2) is 13.0. The van der Waals surface area contributed by atoms with E-state index in [4.69, 9.17) is 9.47 Å². The maximum absolute atomic E-state index is 13.5. The van der Waals surface area contributed by atoms with Gasteiger partial charge in [0.1, 0.15) is 24.1 Å². The first-order chi connectivity index (χ1) is 16.6. The third kappa shape index (κ3) is 8.17. The summed E-state index contributed by atoms with van der Waals surface area (Å²) in [4.78, 5) is 27.6. The highest BCUT2D eigenvalue weighted by Crippen LogP contribution is 2.23.